The summed E-state index contributed by atoms with van der Waals surface area (Å²) in [5, 5.41) is 15.0. The quantitative estimate of drug-likeness (QED) is 0.427. The van der Waals surface area contributed by atoms with E-state index in [1.807, 2.05) is 26.8 Å². The molecule has 0 bridgehead atoms. The Hall–Kier alpha value is -3.09. The number of carboxylic acid groups (broad SMARTS) is 1. The highest BCUT2D eigenvalue weighted by Gasteiger charge is 2.18. The predicted molar refractivity (Wildman–Crippen MR) is 111 cm³/mol. The largest absolute Gasteiger partial charge is 0.550 e. The molecule has 0 aliphatic heterocycles. The maximum atomic E-state index is 12.6. The van der Waals surface area contributed by atoms with Crippen LogP contribution in [0.1, 0.15) is 54.4 Å². The lowest BCUT2D eigenvalue weighted by molar-refractivity contribution is -0.305. The Balaban J connectivity index is 1.68. The number of hydrogen-bond donors (Lipinski definition) is 1. The van der Waals surface area contributed by atoms with Crippen LogP contribution in [0.5, 0.6) is 0 Å². The Morgan fingerprint density at radius 2 is 1.77 bits per heavy atom. The first-order valence-corrected chi connectivity index (χ1v) is 10.2. The van der Waals surface area contributed by atoms with Crippen LogP contribution in [0.2, 0.25) is 0 Å². The highest BCUT2D eigenvalue weighted by molar-refractivity contribution is 5.99. The van der Waals surface area contributed by atoms with Gasteiger partial charge in [-0.05, 0) is 63.6 Å². The number of fused-ring (bicyclic) bond motifs is 2. The average Bonchev–Trinajstić information content (AvgIpc) is 3.06. The minimum absolute atomic E-state index is 0.0368. The van der Waals surface area contributed by atoms with Crippen molar-refractivity contribution in [1.29, 1.82) is 0 Å². The van der Waals surface area contributed by atoms with Crippen molar-refractivity contribution >= 4 is 33.8 Å². The molecule has 1 amide bonds. The van der Waals surface area contributed by atoms with E-state index in [0.717, 1.165) is 27.5 Å². The number of amides is 1. The first kappa shape index (κ1) is 21.6. The molecule has 0 unspecified atom stereocenters. The number of rotatable bonds is 9. The number of unbranched alkanes of at least 4 members (excludes halogenated alkanes) is 2. The summed E-state index contributed by atoms with van der Waals surface area (Å²) in [6.45, 7) is 6.20. The van der Waals surface area contributed by atoms with Crippen molar-refractivity contribution in [3.63, 3.8) is 0 Å². The fourth-order valence-electron chi connectivity index (χ4n) is 3.73. The van der Waals surface area contributed by atoms with Gasteiger partial charge >= 0.3 is 5.63 Å². The van der Waals surface area contributed by atoms with Gasteiger partial charge in [-0.3, -0.25) is 4.79 Å². The molecule has 0 saturated heterocycles. The van der Waals surface area contributed by atoms with E-state index in [0.29, 0.717) is 49.0 Å². The number of aliphatic carboxylic acids is 1. The summed E-state index contributed by atoms with van der Waals surface area (Å²) in [5.74, 6) is -1.20. The van der Waals surface area contributed by atoms with E-state index in [1.54, 1.807) is 6.26 Å². The summed E-state index contributed by atoms with van der Waals surface area (Å²) in [6, 6.07) is 1.98. The first-order valence-electron chi connectivity index (χ1n) is 10.2. The van der Waals surface area contributed by atoms with Crippen molar-refractivity contribution in [2.24, 2.45) is 0 Å². The molecule has 3 aromatic rings. The zero-order valence-corrected chi connectivity index (χ0v) is 17.6. The van der Waals surface area contributed by atoms with Crippen molar-refractivity contribution in [3.8, 4) is 0 Å². The zero-order chi connectivity index (χ0) is 21.8. The number of aryl methyl sites for hydroxylation is 3. The lowest BCUT2D eigenvalue weighted by Crippen LogP contribution is -2.26. The van der Waals surface area contributed by atoms with E-state index >= 15 is 0 Å². The van der Waals surface area contributed by atoms with E-state index in [-0.39, 0.29) is 18.7 Å². The van der Waals surface area contributed by atoms with Gasteiger partial charge in [-0.25, -0.2) is 4.79 Å². The molecule has 0 radical (unpaired) electrons. The summed E-state index contributed by atoms with van der Waals surface area (Å²) >= 11 is 0. The monoisotopic (exact) mass is 412 g/mol. The summed E-state index contributed by atoms with van der Waals surface area (Å²) in [6.07, 6.45) is 4.16. The van der Waals surface area contributed by atoms with Crippen LogP contribution in [-0.2, 0) is 16.0 Å². The van der Waals surface area contributed by atoms with Gasteiger partial charge in [0.1, 0.15) is 11.2 Å². The predicted octanol–water partition coefficient (Wildman–Crippen LogP) is 2.82. The van der Waals surface area contributed by atoms with Gasteiger partial charge in [-0.2, -0.15) is 0 Å². The minimum atomic E-state index is -1.05. The molecule has 30 heavy (non-hydrogen) atoms. The second-order valence-electron chi connectivity index (χ2n) is 7.70. The number of nitrogens with one attached hydrogen (secondary N) is 1. The van der Waals surface area contributed by atoms with Crippen LogP contribution in [0, 0.1) is 20.8 Å². The van der Waals surface area contributed by atoms with Crippen LogP contribution in [0.4, 0.5) is 0 Å². The van der Waals surface area contributed by atoms with Gasteiger partial charge in [0.15, 0.2) is 0 Å². The number of hydrogen-bond acceptors (Lipinski definition) is 6. The average molecular weight is 412 g/mol. The van der Waals surface area contributed by atoms with Gasteiger partial charge < -0.3 is 24.1 Å². The van der Waals surface area contributed by atoms with Gasteiger partial charge in [0.05, 0.1) is 6.26 Å². The smallest absolute Gasteiger partial charge is 0.339 e. The normalized spacial score (nSPS) is 11.3. The third kappa shape index (κ3) is 4.56. The van der Waals surface area contributed by atoms with E-state index in [1.165, 1.54) is 0 Å². The van der Waals surface area contributed by atoms with Crippen LogP contribution in [0.15, 0.2) is 26.0 Å². The Kier molecular flexibility index (Phi) is 6.59. The van der Waals surface area contributed by atoms with Crippen molar-refractivity contribution in [2.75, 3.05) is 6.54 Å². The third-order valence-electron chi connectivity index (χ3n) is 5.52. The first-order chi connectivity index (χ1) is 14.3. The van der Waals surface area contributed by atoms with Gasteiger partial charge in [0.2, 0.25) is 5.91 Å². The van der Waals surface area contributed by atoms with Crippen LogP contribution < -0.4 is 16.0 Å². The topological polar surface area (TPSA) is 113 Å². The third-order valence-corrected chi connectivity index (χ3v) is 5.52. The molecule has 1 N–H and O–H groups in total. The minimum Gasteiger partial charge on any atom is -0.550 e. The Labute approximate surface area is 174 Å². The molecule has 0 aliphatic carbocycles. The second kappa shape index (κ2) is 9.15. The fraction of sp³-hybridized carbons (Fsp3) is 0.435. The number of carboxylic acids is 1. The van der Waals surface area contributed by atoms with E-state index < -0.39 is 11.6 Å². The Bertz CT molecular complexity index is 1150. The zero-order valence-electron chi connectivity index (χ0n) is 17.6. The summed E-state index contributed by atoms with van der Waals surface area (Å²) in [5.41, 5.74) is 3.94. The molecular weight excluding hydrogens is 386 g/mol. The molecular formula is C23H26NO6-. The van der Waals surface area contributed by atoms with Gasteiger partial charge in [-0.1, -0.05) is 6.42 Å². The highest BCUT2D eigenvalue weighted by Crippen LogP contribution is 2.32. The number of furan rings is 1. The Morgan fingerprint density at radius 1 is 1.00 bits per heavy atom. The standard InChI is InChI=1S/C23H27NO6/c1-13-12-29-21-15(3)22-18(11-17(13)21)14(2)16(23(28)30-22)8-9-19(25)24-10-6-4-5-7-20(26)27/h11-12H,4-10H2,1-3H3,(H,24,25)(H,26,27)/p-1. The molecule has 3 rings (SSSR count). The molecule has 0 aliphatic rings. The van der Waals surface area contributed by atoms with Crippen molar-refractivity contribution in [3.05, 3.63) is 45.0 Å². The van der Waals surface area contributed by atoms with E-state index in [2.05, 4.69) is 5.32 Å². The molecule has 0 atom stereocenters. The van der Waals surface area contributed by atoms with E-state index in [4.69, 9.17) is 8.83 Å². The van der Waals surface area contributed by atoms with Gasteiger partial charge in [-0.15, -0.1) is 0 Å². The van der Waals surface area contributed by atoms with Crippen LogP contribution >= 0.6 is 0 Å². The molecule has 0 fully saturated rings. The maximum absolute atomic E-state index is 12.6. The Morgan fingerprint density at radius 3 is 2.50 bits per heavy atom. The molecule has 2 heterocycles. The highest BCUT2D eigenvalue weighted by atomic mass is 16.4. The maximum Gasteiger partial charge on any atom is 0.339 e. The molecule has 1 aromatic carbocycles. The van der Waals surface area contributed by atoms with E-state index in [9.17, 15) is 19.5 Å². The molecule has 7 heteroatoms. The van der Waals surface area contributed by atoms with Crippen molar-refractivity contribution in [1.82, 2.24) is 5.32 Å². The number of benzene rings is 1. The van der Waals surface area contributed by atoms with Crippen molar-refractivity contribution in [2.45, 2.75) is 59.3 Å². The fourth-order valence-corrected chi connectivity index (χ4v) is 3.73. The lowest BCUT2D eigenvalue weighted by Gasteiger charge is -2.10. The molecule has 160 valence electrons. The van der Waals surface area contributed by atoms with Crippen LogP contribution in [0.25, 0.3) is 21.9 Å². The number of carbonyl (C=O) groups is 2. The molecule has 0 saturated carbocycles. The van der Waals surface area contributed by atoms with Crippen LogP contribution in [0.3, 0.4) is 0 Å². The van der Waals surface area contributed by atoms with Gasteiger partial charge in [0.25, 0.3) is 0 Å². The SMILES string of the molecule is Cc1coc2c(C)c3oc(=O)c(CCC(=O)NCCCCCC(=O)[O-])c(C)c3cc12. The summed E-state index contributed by atoms with van der Waals surface area (Å²) in [4.78, 5) is 35.1. The van der Waals surface area contributed by atoms with Crippen LogP contribution in [-0.4, -0.2) is 18.4 Å². The van der Waals surface area contributed by atoms with Crippen molar-refractivity contribution < 1.29 is 23.5 Å². The second-order valence-corrected chi connectivity index (χ2v) is 7.70. The molecule has 2 aromatic heterocycles. The number of carbonyl (C=O) groups excluding carboxylic acids is 2. The molecule has 7 nitrogen and oxygen atoms in total. The summed E-state index contributed by atoms with van der Waals surface area (Å²) in [7, 11) is 0. The lowest BCUT2D eigenvalue weighted by atomic mass is 9.98. The summed E-state index contributed by atoms with van der Waals surface area (Å²) < 4.78 is 11.2. The molecule has 0 spiro atoms. The van der Waals surface area contributed by atoms with Gasteiger partial charge in [0, 0.05) is 40.8 Å².